The van der Waals surface area contributed by atoms with Crippen LogP contribution in [0.5, 0.6) is 46.0 Å². The van der Waals surface area contributed by atoms with E-state index < -0.39 is 22.8 Å². The van der Waals surface area contributed by atoms with Crippen molar-refractivity contribution >= 4 is 33.9 Å². The van der Waals surface area contributed by atoms with E-state index in [4.69, 9.17) is 28.6 Å². The van der Waals surface area contributed by atoms with Crippen LogP contribution in [0, 0.1) is 0 Å². The molecule has 0 radical (unpaired) electrons. The van der Waals surface area contributed by atoms with E-state index in [0.717, 1.165) is 24.3 Å². The summed E-state index contributed by atoms with van der Waals surface area (Å²) in [6, 6.07) is 14.7. The van der Waals surface area contributed by atoms with Crippen LogP contribution in [0.2, 0.25) is 0 Å². The lowest BCUT2D eigenvalue weighted by molar-refractivity contribution is -0.159. The number of carboxylic acids is 2. The van der Waals surface area contributed by atoms with Crippen LogP contribution in [0.15, 0.2) is 91.2 Å². The molecule has 0 atom stereocenters. The van der Waals surface area contributed by atoms with Crippen molar-refractivity contribution in [1.82, 2.24) is 0 Å². The van der Waals surface area contributed by atoms with E-state index in [1.165, 1.54) is 48.5 Å². The summed E-state index contributed by atoms with van der Waals surface area (Å²) in [5.74, 6) is -5.91. The van der Waals surface area contributed by atoms with Gasteiger partial charge in [0.2, 0.25) is 0 Å². The van der Waals surface area contributed by atoms with Crippen molar-refractivity contribution in [2.75, 3.05) is 0 Å². The van der Waals surface area contributed by atoms with E-state index in [2.05, 4.69) is 0 Å². The van der Waals surface area contributed by atoms with Crippen LogP contribution in [-0.4, -0.2) is 63.0 Å². The predicted molar refractivity (Wildman–Crippen MR) is 164 cm³/mol. The number of fused-ring (bicyclic) bond motifs is 2. The molecule has 0 saturated carbocycles. The zero-order valence-corrected chi connectivity index (χ0v) is 23.8. The topological polar surface area (TPSA) is 297 Å². The fraction of sp³-hybridized carbons (Fsp3) is 0. The first-order valence-electron chi connectivity index (χ1n) is 13.1. The molecular formula is C32H22O16. The van der Waals surface area contributed by atoms with Crippen LogP contribution in [0.1, 0.15) is 0 Å². The predicted octanol–water partition coefficient (Wildman–Crippen LogP) is 3.72. The van der Waals surface area contributed by atoms with Gasteiger partial charge >= 0.3 is 11.9 Å². The molecule has 16 nitrogen and oxygen atoms in total. The fourth-order valence-corrected chi connectivity index (χ4v) is 4.15. The van der Waals surface area contributed by atoms with Gasteiger partial charge in [-0.25, -0.2) is 9.59 Å². The molecule has 246 valence electrons. The summed E-state index contributed by atoms with van der Waals surface area (Å²) in [5, 5.41) is 90.5. The third-order valence-electron chi connectivity index (χ3n) is 6.29. The van der Waals surface area contributed by atoms with E-state index in [-0.39, 0.29) is 79.5 Å². The van der Waals surface area contributed by atoms with Crippen LogP contribution in [-0.2, 0) is 9.59 Å². The summed E-state index contributed by atoms with van der Waals surface area (Å²) >= 11 is 0. The highest BCUT2D eigenvalue weighted by Crippen LogP contribution is 2.35. The van der Waals surface area contributed by atoms with Gasteiger partial charge in [-0.2, -0.15) is 0 Å². The highest BCUT2D eigenvalue weighted by molar-refractivity contribution is 6.27. The van der Waals surface area contributed by atoms with E-state index >= 15 is 0 Å². The van der Waals surface area contributed by atoms with Crippen molar-refractivity contribution < 1.29 is 69.5 Å². The van der Waals surface area contributed by atoms with Gasteiger partial charge in [0.15, 0.2) is 33.9 Å². The van der Waals surface area contributed by atoms with Crippen molar-refractivity contribution in [2.45, 2.75) is 0 Å². The molecule has 0 amide bonds. The molecule has 0 aliphatic carbocycles. The number of carbonyl (C=O) groups is 2. The first-order chi connectivity index (χ1) is 22.5. The summed E-state index contributed by atoms with van der Waals surface area (Å²) in [4.78, 5) is 42.3. The Kier molecular flexibility index (Phi) is 9.31. The summed E-state index contributed by atoms with van der Waals surface area (Å²) in [6.45, 7) is 0. The average Bonchev–Trinajstić information content (AvgIpc) is 2.99. The molecule has 6 rings (SSSR count). The van der Waals surface area contributed by atoms with Crippen molar-refractivity contribution in [3.05, 3.63) is 93.2 Å². The molecule has 6 aromatic rings. The Morgan fingerprint density at radius 2 is 0.792 bits per heavy atom. The van der Waals surface area contributed by atoms with Gasteiger partial charge < -0.3 is 59.9 Å². The molecule has 2 aromatic heterocycles. The van der Waals surface area contributed by atoms with Gasteiger partial charge in [-0.1, -0.05) is 0 Å². The van der Waals surface area contributed by atoms with Crippen LogP contribution < -0.4 is 10.9 Å². The van der Waals surface area contributed by atoms with Crippen molar-refractivity contribution in [3.8, 4) is 68.6 Å². The lowest BCUT2D eigenvalue weighted by Gasteiger charge is -2.06. The fourth-order valence-electron chi connectivity index (χ4n) is 4.15. The van der Waals surface area contributed by atoms with E-state index in [1.807, 2.05) is 0 Å². The van der Waals surface area contributed by atoms with Crippen LogP contribution >= 0.6 is 0 Å². The van der Waals surface area contributed by atoms with Gasteiger partial charge in [-0.05, 0) is 36.4 Å². The Balaban J connectivity index is 0.000000186. The van der Waals surface area contributed by atoms with Crippen LogP contribution in [0.25, 0.3) is 44.6 Å². The van der Waals surface area contributed by atoms with Crippen LogP contribution in [0.3, 0.4) is 0 Å². The smallest absolute Gasteiger partial charge is 0.414 e. The minimum Gasteiger partial charge on any atom is -0.508 e. The monoisotopic (exact) mass is 662 g/mol. The number of hydrogen-bond acceptors (Lipinski definition) is 14. The molecule has 0 spiro atoms. The summed E-state index contributed by atoms with van der Waals surface area (Å²) in [5.41, 5.74) is -0.211. The number of benzene rings is 4. The Labute approximate surface area is 265 Å². The number of phenolic OH excluding ortho intramolecular Hbond substituents is 8. The molecule has 2 heterocycles. The van der Waals surface area contributed by atoms with E-state index in [0.29, 0.717) is 11.1 Å². The molecule has 4 aromatic carbocycles. The van der Waals surface area contributed by atoms with Gasteiger partial charge in [-0.15, -0.1) is 0 Å². The third kappa shape index (κ3) is 7.29. The average molecular weight is 663 g/mol. The Morgan fingerprint density at radius 1 is 0.438 bits per heavy atom. The number of aromatic hydroxyl groups is 8. The SMILES string of the molecule is O=C(O)C(=O)O.O=c1cc(-c2ccc(O)c(O)c2)oc2cc(O)cc(O)c12.O=c1cc(-c2ccc(O)c(O)c2)oc2cc(O)cc(O)c12. The minimum absolute atomic E-state index is 0.0163. The van der Waals surface area contributed by atoms with Gasteiger partial charge in [0.05, 0.1) is 0 Å². The molecule has 0 bridgehead atoms. The lowest BCUT2D eigenvalue weighted by atomic mass is 10.1. The van der Waals surface area contributed by atoms with Gasteiger partial charge in [0, 0.05) is 47.5 Å². The first kappa shape index (κ1) is 33.5. The van der Waals surface area contributed by atoms with Crippen LogP contribution in [0.4, 0.5) is 0 Å². The number of rotatable bonds is 2. The number of carboxylic acid groups (broad SMARTS) is 2. The second-order valence-electron chi connectivity index (χ2n) is 9.64. The molecular weight excluding hydrogens is 640 g/mol. The maximum absolute atomic E-state index is 12.0. The van der Waals surface area contributed by atoms with E-state index in [9.17, 15) is 50.4 Å². The normalized spacial score (nSPS) is 10.4. The Hall–Kier alpha value is -7.36. The second kappa shape index (κ2) is 13.3. The zero-order chi connectivity index (χ0) is 35.4. The Morgan fingerprint density at radius 3 is 1.10 bits per heavy atom. The number of aliphatic carboxylic acids is 2. The van der Waals surface area contributed by atoms with Crippen molar-refractivity contribution in [3.63, 3.8) is 0 Å². The summed E-state index contributed by atoms with van der Waals surface area (Å²) < 4.78 is 10.9. The maximum atomic E-state index is 12.0. The quantitative estimate of drug-likeness (QED) is 0.0933. The Bertz CT molecular complexity index is 2170. The maximum Gasteiger partial charge on any atom is 0.414 e. The van der Waals surface area contributed by atoms with Gasteiger partial charge in [0.1, 0.15) is 56.5 Å². The molecule has 0 aliphatic rings. The third-order valence-corrected chi connectivity index (χ3v) is 6.29. The largest absolute Gasteiger partial charge is 0.508 e. The van der Waals surface area contributed by atoms with Crippen molar-refractivity contribution in [2.24, 2.45) is 0 Å². The lowest BCUT2D eigenvalue weighted by Crippen LogP contribution is -2.09. The highest BCUT2D eigenvalue weighted by Gasteiger charge is 2.15. The van der Waals surface area contributed by atoms with Gasteiger partial charge in [0.25, 0.3) is 0 Å². The molecule has 0 aliphatic heterocycles. The molecule has 16 heteroatoms. The molecule has 48 heavy (non-hydrogen) atoms. The standard InChI is InChI=1S/2C15H10O6.C2H2O4/c2*16-8-4-11(19)15-12(20)6-13(21-14(15)5-8)7-1-2-9(17)10(18)3-7;3-1(4)2(5)6/h2*1-6,16-19H;(H,3,4)(H,5,6). The van der Waals surface area contributed by atoms with Crippen molar-refractivity contribution in [1.29, 1.82) is 0 Å². The number of hydrogen-bond donors (Lipinski definition) is 10. The zero-order valence-electron chi connectivity index (χ0n) is 23.8. The highest BCUT2D eigenvalue weighted by atomic mass is 16.4. The summed E-state index contributed by atoms with van der Waals surface area (Å²) in [6.07, 6.45) is 0. The molecule has 0 saturated heterocycles. The molecule has 0 unspecified atom stereocenters. The second-order valence-corrected chi connectivity index (χ2v) is 9.64. The van der Waals surface area contributed by atoms with E-state index in [1.54, 1.807) is 0 Å². The minimum atomic E-state index is -1.82. The number of phenols is 8. The van der Waals surface area contributed by atoms with Gasteiger partial charge in [-0.3, -0.25) is 9.59 Å². The first-order valence-corrected chi connectivity index (χ1v) is 13.1. The summed E-state index contributed by atoms with van der Waals surface area (Å²) in [7, 11) is 0. The molecule has 10 N–H and O–H groups in total. The molecule has 0 fully saturated rings.